The number of para-hydroxylation sites is 2. The van der Waals surface area contributed by atoms with Crippen LogP contribution in [0.5, 0.6) is 0 Å². The van der Waals surface area contributed by atoms with Gasteiger partial charge in [0.1, 0.15) is 0 Å². The van der Waals surface area contributed by atoms with Crippen molar-refractivity contribution in [2.75, 3.05) is 0 Å². The fraction of sp³-hybridized carbons (Fsp3) is 0.0217. The molecular weight excluding hydrogens is 609 g/mol. The van der Waals surface area contributed by atoms with Crippen molar-refractivity contribution in [2.45, 2.75) is 6.54 Å². The predicted octanol–water partition coefficient (Wildman–Crippen LogP) is 11.2. The molecule has 0 bridgehead atoms. The molecule has 0 saturated carbocycles. The summed E-state index contributed by atoms with van der Waals surface area (Å²) in [6, 6.07) is 54.7. The number of aromatic nitrogens is 3. The van der Waals surface area contributed by atoms with Gasteiger partial charge in [-0.15, -0.1) is 0 Å². The maximum absolute atomic E-state index is 4.53. The van der Waals surface area contributed by atoms with Crippen LogP contribution in [0.2, 0.25) is 0 Å². The van der Waals surface area contributed by atoms with Crippen LogP contribution < -0.4 is 5.32 Å². The number of nitrogens with one attached hydrogen (secondary N) is 1. The SMILES string of the molecule is C1=Cc2c(n(-c3ccc(-c4ccc(-n5c6cnccc6c6cccc(-c7ccccc7)c65)cc4)cc3)c3c(-c4ccccc4)cccc23)CN1. The highest BCUT2D eigenvalue weighted by Gasteiger charge is 2.21. The normalized spacial score (nSPS) is 12.4. The first kappa shape index (κ1) is 28.4. The molecule has 50 heavy (non-hydrogen) atoms. The zero-order valence-corrected chi connectivity index (χ0v) is 27.3. The zero-order chi connectivity index (χ0) is 33.0. The van der Waals surface area contributed by atoms with E-state index in [4.69, 9.17) is 0 Å². The Hall–Kier alpha value is -6.65. The second kappa shape index (κ2) is 11.5. The van der Waals surface area contributed by atoms with Crippen molar-refractivity contribution < 1.29 is 0 Å². The van der Waals surface area contributed by atoms with Crippen molar-refractivity contribution in [1.29, 1.82) is 0 Å². The summed E-state index contributed by atoms with van der Waals surface area (Å²) in [6.45, 7) is 0.780. The van der Waals surface area contributed by atoms with Gasteiger partial charge < -0.3 is 14.5 Å². The monoisotopic (exact) mass is 640 g/mol. The Morgan fingerprint density at radius 1 is 0.480 bits per heavy atom. The fourth-order valence-electron chi connectivity index (χ4n) is 7.85. The maximum atomic E-state index is 4.53. The molecule has 1 aliphatic rings. The number of hydrogen-bond donors (Lipinski definition) is 1. The maximum Gasteiger partial charge on any atom is 0.0724 e. The third kappa shape index (κ3) is 4.42. The summed E-state index contributed by atoms with van der Waals surface area (Å²) in [5, 5.41) is 7.15. The lowest BCUT2D eigenvalue weighted by Crippen LogP contribution is -2.13. The average molecular weight is 641 g/mol. The quantitative estimate of drug-likeness (QED) is 0.203. The van der Waals surface area contributed by atoms with Crippen LogP contribution in [-0.4, -0.2) is 14.1 Å². The van der Waals surface area contributed by atoms with Crippen molar-refractivity contribution in [3.05, 3.63) is 182 Å². The van der Waals surface area contributed by atoms with Gasteiger partial charge in [0, 0.05) is 50.4 Å². The van der Waals surface area contributed by atoms with E-state index < -0.39 is 0 Å². The van der Waals surface area contributed by atoms with Crippen molar-refractivity contribution in [1.82, 2.24) is 19.4 Å². The molecule has 236 valence electrons. The molecule has 4 heteroatoms. The van der Waals surface area contributed by atoms with Crippen molar-refractivity contribution >= 4 is 38.8 Å². The lowest BCUT2D eigenvalue weighted by molar-refractivity contribution is 0.803. The Labute approximate surface area is 290 Å². The van der Waals surface area contributed by atoms with E-state index in [0.717, 1.165) is 23.4 Å². The van der Waals surface area contributed by atoms with E-state index in [-0.39, 0.29) is 0 Å². The Kier molecular flexibility index (Phi) is 6.53. The molecule has 0 fully saturated rings. The second-order valence-corrected chi connectivity index (χ2v) is 12.9. The molecule has 10 rings (SSSR count). The summed E-state index contributed by atoms with van der Waals surface area (Å²) in [6.07, 6.45) is 8.13. The fourth-order valence-corrected chi connectivity index (χ4v) is 7.85. The van der Waals surface area contributed by atoms with Gasteiger partial charge in [0.15, 0.2) is 0 Å². The van der Waals surface area contributed by atoms with Crippen molar-refractivity contribution in [2.24, 2.45) is 0 Å². The molecule has 4 nitrogen and oxygen atoms in total. The Morgan fingerprint density at radius 2 is 1.06 bits per heavy atom. The lowest BCUT2D eigenvalue weighted by Gasteiger charge is -2.16. The van der Waals surface area contributed by atoms with Crippen LogP contribution in [0.15, 0.2) is 170 Å². The van der Waals surface area contributed by atoms with Crippen LogP contribution in [-0.2, 0) is 6.54 Å². The Bertz CT molecular complexity index is 2720. The van der Waals surface area contributed by atoms with Gasteiger partial charge in [0.2, 0.25) is 0 Å². The summed E-state index contributed by atoms with van der Waals surface area (Å²) in [4.78, 5) is 4.53. The van der Waals surface area contributed by atoms with E-state index in [0.29, 0.717) is 0 Å². The molecule has 4 heterocycles. The highest BCUT2D eigenvalue weighted by molar-refractivity contribution is 6.13. The van der Waals surface area contributed by atoms with Crippen molar-refractivity contribution in [3.63, 3.8) is 0 Å². The van der Waals surface area contributed by atoms with Gasteiger partial charge in [0.05, 0.1) is 35.0 Å². The molecule has 3 aromatic heterocycles. The number of pyridine rings is 1. The molecule has 0 saturated heterocycles. The summed E-state index contributed by atoms with van der Waals surface area (Å²) in [7, 11) is 0. The van der Waals surface area contributed by atoms with E-state index in [9.17, 15) is 0 Å². The van der Waals surface area contributed by atoms with Gasteiger partial charge in [-0.3, -0.25) is 4.98 Å². The third-order valence-corrected chi connectivity index (χ3v) is 10.1. The van der Waals surface area contributed by atoms with Crippen LogP contribution in [0.3, 0.4) is 0 Å². The molecule has 6 aromatic carbocycles. The largest absolute Gasteiger partial charge is 0.385 e. The number of rotatable bonds is 5. The standard InChI is InChI=1S/C46H32N4/c1-3-9-33(10-4-1)37-13-7-15-41-39-25-27-47-29-43(39)49(45(37)41)35-21-17-31(18-22-35)32-19-23-36(24-20-32)50-44-30-48-28-26-40(44)42-16-8-14-38(46(42)50)34-11-5-2-6-12-34/h1-29,48H,30H2. The predicted molar refractivity (Wildman–Crippen MR) is 208 cm³/mol. The summed E-state index contributed by atoms with van der Waals surface area (Å²) >= 11 is 0. The van der Waals surface area contributed by atoms with E-state index in [1.165, 1.54) is 71.8 Å². The van der Waals surface area contributed by atoms with Crippen LogP contribution >= 0.6 is 0 Å². The first-order chi connectivity index (χ1) is 24.8. The van der Waals surface area contributed by atoms with E-state index in [2.05, 4.69) is 183 Å². The Morgan fingerprint density at radius 3 is 1.70 bits per heavy atom. The summed E-state index contributed by atoms with van der Waals surface area (Å²) < 4.78 is 4.80. The Balaban J connectivity index is 1.07. The molecule has 0 amide bonds. The van der Waals surface area contributed by atoms with Gasteiger partial charge in [0.25, 0.3) is 0 Å². The molecule has 0 radical (unpaired) electrons. The molecule has 1 N–H and O–H groups in total. The van der Waals surface area contributed by atoms with Crippen LogP contribution in [0, 0.1) is 0 Å². The molecule has 0 atom stereocenters. The number of fused-ring (bicyclic) bond motifs is 6. The number of hydrogen-bond acceptors (Lipinski definition) is 2. The smallest absolute Gasteiger partial charge is 0.0724 e. The number of nitrogens with zero attached hydrogens (tertiary/aromatic N) is 3. The molecule has 0 unspecified atom stereocenters. The van der Waals surface area contributed by atoms with Gasteiger partial charge in [-0.25, -0.2) is 0 Å². The average Bonchev–Trinajstić information content (AvgIpc) is 3.72. The van der Waals surface area contributed by atoms with E-state index in [1.54, 1.807) is 0 Å². The molecular formula is C46H32N4. The van der Waals surface area contributed by atoms with Gasteiger partial charge in [-0.2, -0.15) is 0 Å². The van der Waals surface area contributed by atoms with E-state index >= 15 is 0 Å². The van der Waals surface area contributed by atoms with E-state index in [1.807, 2.05) is 12.4 Å². The first-order valence-corrected chi connectivity index (χ1v) is 17.1. The summed E-state index contributed by atoms with van der Waals surface area (Å²) in [5.41, 5.74) is 15.6. The highest BCUT2D eigenvalue weighted by Crippen LogP contribution is 2.40. The molecule has 0 aliphatic carbocycles. The summed E-state index contributed by atoms with van der Waals surface area (Å²) in [5.74, 6) is 0. The lowest BCUT2D eigenvalue weighted by atomic mass is 10.0. The third-order valence-electron chi connectivity index (χ3n) is 10.1. The van der Waals surface area contributed by atoms with Crippen LogP contribution in [0.4, 0.5) is 0 Å². The minimum absolute atomic E-state index is 0.780. The first-order valence-electron chi connectivity index (χ1n) is 17.1. The molecule has 0 spiro atoms. The second-order valence-electron chi connectivity index (χ2n) is 12.9. The van der Waals surface area contributed by atoms with Gasteiger partial charge >= 0.3 is 0 Å². The molecule has 9 aromatic rings. The van der Waals surface area contributed by atoms with Crippen LogP contribution in [0.25, 0.3) is 83.5 Å². The van der Waals surface area contributed by atoms with Crippen LogP contribution in [0.1, 0.15) is 11.3 Å². The van der Waals surface area contributed by atoms with Gasteiger partial charge in [-0.1, -0.05) is 121 Å². The minimum Gasteiger partial charge on any atom is -0.385 e. The topological polar surface area (TPSA) is 34.8 Å². The zero-order valence-electron chi connectivity index (χ0n) is 27.3. The van der Waals surface area contributed by atoms with Crippen molar-refractivity contribution in [3.8, 4) is 44.8 Å². The minimum atomic E-state index is 0.780. The van der Waals surface area contributed by atoms with Gasteiger partial charge in [-0.05, 0) is 64.9 Å². The number of benzene rings is 6. The highest BCUT2D eigenvalue weighted by atomic mass is 15.0. The molecule has 1 aliphatic heterocycles.